The van der Waals surface area contributed by atoms with E-state index in [9.17, 15) is 9.59 Å². The monoisotopic (exact) mass is 374 g/mol. The lowest BCUT2D eigenvalue weighted by molar-refractivity contribution is -0.124. The maximum Gasteiger partial charge on any atom is 0.237 e. The first-order valence-corrected chi connectivity index (χ1v) is 9.96. The zero-order chi connectivity index (χ0) is 19.6. The predicted molar refractivity (Wildman–Crippen MR) is 111 cm³/mol. The van der Waals surface area contributed by atoms with Crippen molar-refractivity contribution in [2.75, 3.05) is 11.9 Å². The molecule has 2 aromatic carbocycles. The Balaban J connectivity index is 1.61. The van der Waals surface area contributed by atoms with E-state index < -0.39 is 5.41 Å². The molecule has 0 unspecified atom stereocenters. The Hall–Kier alpha value is -2.88. The standard InChI is InChI=1S/C24H26N2O2/c1-26-21-14-8-7-13-20(21)24(23(26)28,17-18-9-3-2-4-10-18)16-15-22(27)25-19-11-5-6-12-19/h2-10,13-14,19H,11-12,15-17H2,1H3,(H,25,27)/t24-/m1/s1. The molecule has 0 bridgehead atoms. The maximum atomic E-state index is 13.4. The van der Waals surface area contributed by atoms with Gasteiger partial charge in [0.05, 0.1) is 5.41 Å². The van der Waals surface area contributed by atoms with Crippen LogP contribution in [0, 0.1) is 0 Å². The Morgan fingerprint density at radius 1 is 1.07 bits per heavy atom. The van der Waals surface area contributed by atoms with Crippen LogP contribution < -0.4 is 10.2 Å². The number of likely N-dealkylation sites (N-methyl/N-ethyl adjacent to an activating group) is 1. The van der Waals surface area contributed by atoms with Gasteiger partial charge in [-0.1, -0.05) is 60.7 Å². The largest absolute Gasteiger partial charge is 0.353 e. The zero-order valence-corrected chi connectivity index (χ0v) is 16.2. The Labute approximate surface area is 166 Å². The van der Waals surface area contributed by atoms with Gasteiger partial charge in [-0.2, -0.15) is 0 Å². The van der Waals surface area contributed by atoms with Gasteiger partial charge >= 0.3 is 0 Å². The SMILES string of the molecule is CN1C(=O)[C@](CCC(=O)NC2CC=CC2)(Cc2ccccc2)c2ccccc21. The third-order valence-corrected chi connectivity index (χ3v) is 6.00. The fraction of sp³-hybridized carbons (Fsp3) is 0.333. The average Bonchev–Trinajstić information content (AvgIpc) is 3.30. The Bertz CT molecular complexity index is 898. The number of anilines is 1. The van der Waals surface area contributed by atoms with Gasteiger partial charge in [0.1, 0.15) is 0 Å². The van der Waals surface area contributed by atoms with Crippen molar-refractivity contribution in [3.8, 4) is 0 Å². The lowest BCUT2D eigenvalue weighted by atomic mass is 9.73. The Morgan fingerprint density at radius 2 is 1.75 bits per heavy atom. The number of nitrogens with zero attached hydrogens (tertiary/aromatic N) is 1. The van der Waals surface area contributed by atoms with E-state index in [-0.39, 0.29) is 17.9 Å². The van der Waals surface area contributed by atoms with Gasteiger partial charge in [-0.05, 0) is 42.9 Å². The molecule has 1 aliphatic heterocycles. The van der Waals surface area contributed by atoms with Gasteiger partial charge in [0.2, 0.25) is 11.8 Å². The van der Waals surface area contributed by atoms with Crippen molar-refractivity contribution >= 4 is 17.5 Å². The molecule has 1 N–H and O–H groups in total. The number of nitrogens with one attached hydrogen (secondary N) is 1. The first-order valence-electron chi connectivity index (χ1n) is 9.96. The molecule has 2 aromatic rings. The first kappa shape index (κ1) is 18.5. The van der Waals surface area contributed by atoms with Crippen molar-refractivity contribution in [3.05, 3.63) is 77.9 Å². The van der Waals surface area contributed by atoms with Gasteiger partial charge in [0, 0.05) is 25.2 Å². The zero-order valence-electron chi connectivity index (χ0n) is 16.2. The van der Waals surface area contributed by atoms with Gasteiger partial charge in [-0.3, -0.25) is 9.59 Å². The average molecular weight is 374 g/mol. The summed E-state index contributed by atoms with van der Waals surface area (Å²) in [4.78, 5) is 27.8. The van der Waals surface area contributed by atoms with Crippen molar-refractivity contribution in [2.24, 2.45) is 0 Å². The van der Waals surface area contributed by atoms with Gasteiger partial charge in [0.25, 0.3) is 0 Å². The number of benzene rings is 2. The third-order valence-electron chi connectivity index (χ3n) is 6.00. The molecule has 4 nitrogen and oxygen atoms in total. The second kappa shape index (κ2) is 7.63. The minimum atomic E-state index is -0.696. The van der Waals surface area contributed by atoms with Gasteiger partial charge in [-0.15, -0.1) is 0 Å². The van der Waals surface area contributed by atoms with E-state index in [2.05, 4.69) is 29.6 Å². The molecule has 0 saturated heterocycles. The molecule has 1 aliphatic carbocycles. The molecular formula is C24H26N2O2. The molecule has 1 heterocycles. The highest BCUT2D eigenvalue weighted by Crippen LogP contribution is 2.46. The summed E-state index contributed by atoms with van der Waals surface area (Å²) < 4.78 is 0. The van der Waals surface area contributed by atoms with Crippen LogP contribution in [0.3, 0.4) is 0 Å². The molecule has 2 amide bonds. The molecule has 0 radical (unpaired) electrons. The summed E-state index contributed by atoms with van der Waals surface area (Å²) in [6.45, 7) is 0. The number of rotatable bonds is 6. The van der Waals surface area contributed by atoms with E-state index in [1.807, 2.05) is 49.5 Å². The second-order valence-electron chi connectivity index (χ2n) is 7.83. The lowest BCUT2D eigenvalue weighted by Gasteiger charge is -2.29. The van der Waals surface area contributed by atoms with E-state index in [0.29, 0.717) is 19.3 Å². The van der Waals surface area contributed by atoms with Crippen LogP contribution >= 0.6 is 0 Å². The summed E-state index contributed by atoms with van der Waals surface area (Å²) >= 11 is 0. The molecule has 144 valence electrons. The number of para-hydroxylation sites is 1. The van der Waals surface area contributed by atoms with E-state index in [1.165, 1.54) is 0 Å². The number of carbonyl (C=O) groups is 2. The van der Waals surface area contributed by atoms with E-state index >= 15 is 0 Å². The van der Waals surface area contributed by atoms with Crippen LogP contribution in [0.25, 0.3) is 0 Å². The number of carbonyl (C=O) groups excluding carboxylic acids is 2. The number of amides is 2. The maximum absolute atomic E-state index is 13.4. The van der Waals surface area contributed by atoms with Gasteiger partial charge in [-0.25, -0.2) is 0 Å². The van der Waals surface area contributed by atoms with Crippen LogP contribution in [0.2, 0.25) is 0 Å². The summed E-state index contributed by atoms with van der Waals surface area (Å²) in [5.74, 6) is 0.105. The van der Waals surface area contributed by atoms with Crippen molar-refractivity contribution in [1.29, 1.82) is 0 Å². The van der Waals surface area contributed by atoms with Crippen molar-refractivity contribution < 1.29 is 9.59 Å². The lowest BCUT2D eigenvalue weighted by Crippen LogP contribution is -2.42. The van der Waals surface area contributed by atoms with Gasteiger partial charge in [0.15, 0.2) is 0 Å². The highest BCUT2D eigenvalue weighted by molar-refractivity contribution is 6.08. The smallest absolute Gasteiger partial charge is 0.237 e. The molecule has 1 atom stereocenters. The molecule has 0 saturated carbocycles. The van der Waals surface area contributed by atoms with Crippen LogP contribution in [-0.2, 0) is 21.4 Å². The van der Waals surface area contributed by atoms with Crippen molar-refractivity contribution in [1.82, 2.24) is 5.32 Å². The van der Waals surface area contributed by atoms with Crippen molar-refractivity contribution in [3.63, 3.8) is 0 Å². The van der Waals surface area contributed by atoms with E-state index in [4.69, 9.17) is 0 Å². The van der Waals surface area contributed by atoms with Crippen LogP contribution in [0.4, 0.5) is 5.69 Å². The number of fused-ring (bicyclic) bond motifs is 1. The van der Waals surface area contributed by atoms with Crippen LogP contribution in [0.15, 0.2) is 66.7 Å². The first-order chi connectivity index (χ1) is 13.6. The minimum absolute atomic E-state index is 0.0287. The summed E-state index contributed by atoms with van der Waals surface area (Å²) in [6.07, 6.45) is 7.45. The predicted octanol–water partition coefficient (Wildman–Crippen LogP) is 3.76. The highest BCUT2D eigenvalue weighted by Gasteiger charge is 2.49. The molecule has 0 spiro atoms. The quantitative estimate of drug-likeness (QED) is 0.783. The molecule has 4 heteroatoms. The molecule has 0 fully saturated rings. The molecule has 2 aliphatic rings. The Kier molecular flexibility index (Phi) is 5.03. The number of hydrogen-bond acceptors (Lipinski definition) is 2. The molecular weight excluding hydrogens is 348 g/mol. The summed E-state index contributed by atoms with van der Waals surface area (Å²) in [7, 11) is 1.83. The summed E-state index contributed by atoms with van der Waals surface area (Å²) in [5, 5.41) is 3.11. The molecule has 4 rings (SSSR count). The summed E-state index contributed by atoms with van der Waals surface area (Å²) in [5.41, 5.74) is 2.39. The van der Waals surface area contributed by atoms with E-state index in [0.717, 1.165) is 29.7 Å². The molecule has 28 heavy (non-hydrogen) atoms. The second-order valence-corrected chi connectivity index (χ2v) is 7.83. The third kappa shape index (κ3) is 3.35. The van der Waals surface area contributed by atoms with Crippen LogP contribution in [0.1, 0.15) is 36.8 Å². The fourth-order valence-corrected chi connectivity index (χ4v) is 4.52. The highest BCUT2D eigenvalue weighted by atomic mass is 16.2. The van der Waals surface area contributed by atoms with Crippen LogP contribution in [0.5, 0.6) is 0 Å². The van der Waals surface area contributed by atoms with Crippen molar-refractivity contribution in [2.45, 2.75) is 43.6 Å². The number of hydrogen-bond donors (Lipinski definition) is 1. The topological polar surface area (TPSA) is 49.4 Å². The minimum Gasteiger partial charge on any atom is -0.353 e. The van der Waals surface area contributed by atoms with Crippen LogP contribution in [-0.4, -0.2) is 24.9 Å². The van der Waals surface area contributed by atoms with Gasteiger partial charge < -0.3 is 10.2 Å². The normalized spacial score (nSPS) is 21.2. The summed E-state index contributed by atoms with van der Waals surface area (Å²) in [6, 6.07) is 18.3. The fourth-order valence-electron chi connectivity index (χ4n) is 4.52. The molecule has 0 aromatic heterocycles. The Morgan fingerprint density at radius 3 is 2.50 bits per heavy atom. The van der Waals surface area contributed by atoms with E-state index in [1.54, 1.807) is 4.90 Å².